The van der Waals surface area contributed by atoms with Gasteiger partial charge in [0.1, 0.15) is 17.7 Å². The van der Waals surface area contributed by atoms with Crippen LogP contribution in [0.4, 0.5) is 4.79 Å². The standard InChI is InChI=1S/C30H43N3O5/c1-7-11-22(3)31-27(35)26(24-16-14-21(2)15-17-24)33(18-19-34)28(36)25(20-23-12-9-8-10-13-23)32-29(37)38-30(4,5)6/h8-10,12-17,22,25-26,34H,7,11,18-20H2,1-6H3,(H,31,35)(H,32,37). The molecule has 0 aliphatic carbocycles. The van der Waals surface area contributed by atoms with Crippen LogP contribution in [0.25, 0.3) is 0 Å². The van der Waals surface area contributed by atoms with Crippen molar-refractivity contribution in [3.63, 3.8) is 0 Å². The van der Waals surface area contributed by atoms with Crippen LogP contribution in [0.15, 0.2) is 54.6 Å². The quantitative estimate of drug-likeness (QED) is 0.383. The predicted molar refractivity (Wildman–Crippen MR) is 149 cm³/mol. The molecule has 0 spiro atoms. The van der Waals surface area contributed by atoms with Gasteiger partial charge in [0.25, 0.3) is 0 Å². The second kappa shape index (κ2) is 14.5. The molecule has 2 aromatic rings. The fourth-order valence-corrected chi connectivity index (χ4v) is 4.22. The Morgan fingerprint density at radius 3 is 2.18 bits per heavy atom. The molecule has 3 unspecified atom stereocenters. The first-order valence-corrected chi connectivity index (χ1v) is 13.3. The average Bonchev–Trinajstić information content (AvgIpc) is 2.83. The van der Waals surface area contributed by atoms with E-state index in [1.165, 1.54) is 4.90 Å². The van der Waals surface area contributed by atoms with Crippen LogP contribution in [0.2, 0.25) is 0 Å². The first-order chi connectivity index (χ1) is 17.9. The van der Waals surface area contributed by atoms with Gasteiger partial charge in [-0.25, -0.2) is 4.79 Å². The van der Waals surface area contributed by atoms with Crippen molar-refractivity contribution in [1.29, 1.82) is 0 Å². The molecule has 0 bridgehead atoms. The molecule has 0 aliphatic rings. The van der Waals surface area contributed by atoms with Gasteiger partial charge in [-0.15, -0.1) is 0 Å². The molecule has 3 amide bonds. The number of aliphatic hydroxyl groups is 1. The van der Waals surface area contributed by atoms with Crippen molar-refractivity contribution in [2.75, 3.05) is 13.2 Å². The van der Waals surface area contributed by atoms with Crippen LogP contribution in [0.1, 0.15) is 70.2 Å². The lowest BCUT2D eigenvalue weighted by molar-refractivity contribution is -0.143. The topological polar surface area (TPSA) is 108 Å². The third kappa shape index (κ3) is 9.82. The van der Waals surface area contributed by atoms with Crippen molar-refractivity contribution in [3.05, 3.63) is 71.3 Å². The molecule has 0 radical (unpaired) electrons. The number of aryl methyl sites for hydroxylation is 1. The number of amides is 3. The van der Waals surface area contributed by atoms with Crippen molar-refractivity contribution >= 4 is 17.9 Å². The summed E-state index contributed by atoms with van der Waals surface area (Å²) in [5.41, 5.74) is 1.71. The largest absolute Gasteiger partial charge is 0.444 e. The summed E-state index contributed by atoms with van der Waals surface area (Å²) < 4.78 is 5.43. The number of hydrogen-bond donors (Lipinski definition) is 3. The maximum absolute atomic E-state index is 14.1. The zero-order valence-corrected chi connectivity index (χ0v) is 23.5. The van der Waals surface area contributed by atoms with Crippen LogP contribution in [0, 0.1) is 6.92 Å². The van der Waals surface area contributed by atoms with Crippen molar-refractivity contribution < 1.29 is 24.2 Å². The number of benzene rings is 2. The lowest BCUT2D eigenvalue weighted by Crippen LogP contribution is -2.55. The monoisotopic (exact) mass is 525 g/mol. The highest BCUT2D eigenvalue weighted by atomic mass is 16.6. The highest BCUT2D eigenvalue weighted by Crippen LogP contribution is 2.24. The molecule has 3 N–H and O–H groups in total. The third-order valence-corrected chi connectivity index (χ3v) is 5.96. The van der Waals surface area contributed by atoms with Gasteiger partial charge in [0, 0.05) is 19.0 Å². The van der Waals surface area contributed by atoms with Crippen molar-refractivity contribution in [2.45, 2.75) is 84.5 Å². The SMILES string of the molecule is CCCC(C)NC(=O)C(c1ccc(C)cc1)N(CCO)C(=O)C(Cc1ccccc1)NC(=O)OC(C)(C)C. The third-order valence-electron chi connectivity index (χ3n) is 5.96. The van der Waals surface area contributed by atoms with Crippen LogP contribution in [0.5, 0.6) is 0 Å². The molecular formula is C30H43N3O5. The molecule has 208 valence electrons. The molecule has 0 saturated carbocycles. The van der Waals surface area contributed by atoms with Crippen LogP contribution in [-0.2, 0) is 20.7 Å². The predicted octanol–water partition coefficient (Wildman–Crippen LogP) is 4.30. The average molecular weight is 526 g/mol. The smallest absolute Gasteiger partial charge is 0.408 e. The molecule has 0 fully saturated rings. The van der Waals surface area contributed by atoms with Crippen LogP contribution in [0.3, 0.4) is 0 Å². The van der Waals surface area contributed by atoms with Gasteiger partial charge in [-0.2, -0.15) is 0 Å². The normalized spacial score (nSPS) is 13.7. The fraction of sp³-hybridized carbons (Fsp3) is 0.500. The highest BCUT2D eigenvalue weighted by Gasteiger charge is 2.36. The Kier molecular flexibility index (Phi) is 11.8. The van der Waals surface area contributed by atoms with Crippen molar-refractivity contribution in [1.82, 2.24) is 15.5 Å². The lowest BCUT2D eigenvalue weighted by Gasteiger charge is -2.34. The molecule has 0 saturated heterocycles. The van der Waals surface area contributed by atoms with E-state index in [2.05, 4.69) is 10.6 Å². The van der Waals surface area contributed by atoms with E-state index in [0.29, 0.717) is 5.56 Å². The lowest BCUT2D eigenvalue weighted by atomic mass is 9.99. The second-order valence-electron chi connectivity index (χ2n) is 10.7. The van der Waals surface area contributed by atoms with Gasteiger partial charge in [-0.3, -0.25) is 9.59 Å². The summed E-state index contributed by atoms with van der Waals surface area (Å²) in [5.74, 6) is -0.829. The zero-order chi connectivity index (χ0) is 28.3. The Hall–Kier alpha value is -3.39. The van der Waals surface area contributed by atoms with Crippen LogP contribution >= 0.6 is 0 Å². The minimum atomic E-state index is -1.02. The number of ether oxygens (including phenoxy) is 1. The summed E-state index contributed by atoms with van der Waals surface area (Å²) in [7, 11) is 0. The Morgan fingerprint density at radius 1 is 1.00 bits per heavy atom. The summed E-state index contributed by atoms with van der Waals surface area (Å²) in [6, 6.07) is 14.6. The number of aliphatic hydroxyl groups excluding tert-OH is 1. The summed E-state index contributed by atoms with van der Waals surface area (Å²) >= 11 is 0. The van der Waals surface area contributed by atoms with Crippen LogP contribution in [-0.4, -0.2) is 58.8 Å². The van der Waals surface area contributed by atoms with Crippen LogP contribution < -0.4 is 10.6 Å². The summed E-state index contributed by atoms with van der Waals surface area (Å²) in [6.07, 6.45) is 1.14. The Labute approximate surface area is 226 Å². The van der Waals surface area contributed by atoms with E-state index < -0.39 is 29.7 Å². The zero-order valence-electron chi connectivity index (χ0n) is 23.5. The Bertz CT molecular complexity index is 1030. The van der Waals surface area contributed by atoms with E-state index in [0.717, 1.165) is 24.0 Å². The number of rotatable bonds is 12. The van der Waals surface area contributed by atoms with E-state index in [1.807, 2.05) is 75.4 Å². The highest BCUT2D eigenvalue weighted by molar-refractivity contribution is 5.92. The molecular weight excluding hydrogens is 482 g/mol. The van der Waals surface area contributed by atoms with E-state index in [-0.39, 0.29) is 31.5 Å². The minimum absolute atomic E-state index is 0.0890. The molecule has 0 heterocycles. The van der Waals surface area contributed by atoms with Gasteiger partial charge < -0.3 is 25.4 Å². The number of alkyl carbamates (subject to hydrolysis) is 1. The van der Waals surface area contributed by atoms with Crippen molar-refractivity contribution in [3.8, 4) is 0 Å². The van der Waals surface area contributed by atoms with Gasteiger partial charge in [-0.05, 0) is 52.2 Å². The van der Waals surface area contributed by atoms with Crippen molar-refractivity contribution in [2.24, 2.45) is 0 Å². The molecule has 2 rings (SSSR count). The summed E-state index contributed by atoms with van der Waals surface area (Å²) in [5, 5.41) is 15.7. The van der Waals surface area contributed by atoms with E-state index in [9.17, 15) is 19.5 Å². The number of nitrogens with one attached hydrogen (secondary N) is 2. The maximum Gasteiger partial charge on any atom is 0.408 e. The number of nitrogens with zero attached hydrogens (tertiary/aromatic N) is 1. The van der Waals surface area contributed by atoms with E-state index in [1.54, 1.807) is 20.8 Å². The molecule has 38 heavy (non-hydrogen) atoms. The molecule has 0 aliphatic heterocycles. The molecule has 8 nitrogen and oxygen atoms in total. The maximum atomic E-state index is 14.1. The first-order valence-electron chi connectivity index (χ1n) is 13.3. The van der Waals surface area contributed by atoms with Gasteiger partial charge >= 0.3 is 6.09 Å². The molecule has 2 aromatic carbocycles. The fourth-order valence-electron chi connectivity index (χ4n) is 4.22. The number of hydrogen-bond acceptors (Lipinski definition) is 5. The van der Waals surface area contributed by atoms with Gasteiger partial charge in [0.2, 0.25) is 11.8 Å². The molecule has 8 heteroatoms. The minimum Gasteiger partial charge on any atom is -0.444 e. The summed E-state index contributed by atoms with van der Waals surface area (Å²) in [6.45, 7) is 10.7. The first kappa shape index (κ1) is 30.8. The second-order valence-corrected chi connectivity index (χ2v) is 10.7. The van der Waals surface area contributed by atoms with Gasteiger partial charge in [-0.1, -0.05) is 73.5 Å². The molecule has 0 aromatic heterocycles. The van der Waals surface area contributed by atoms with E-state index >= 15 is 0 Å². The Morgan fingerprint density at radius 2 is 1.63 bits per heavy atom. The summed E-state index contributed by atoms with van der Waals surface area (Å²) in [4.78, 5) is 41.8. The van der Waals surface area contributed by atoms with Gasteiger partial charge in [0.15, 0.2) is 0 Å². The number of carbonyl (C=O) groups excluding carboxylic acids is 3. The number of carbonyl (C=O) groups is 3. The Balaban J connectivity index is 2.49. The molecule has 3 atom stereocenters. The van der Waals surface area contributed by atoms with E-state index in [4.69, 9.17) is 4.74 Å². The van der Waals surface area contributed by atoms with Gasteiger partial charge in [0.05, 0.1) is 6.61 Å².